The van der Waals surface area contributed by atoms with Crippen LogP contribution in [-0.4, -0.2) is 66.0 Å². The molecule has 0 unspecified atom stereocenters. The molecule has 0 saturated carbocycles. The number of benzene rings is 6. The van der Waals surface area contributed by atoms with Crippen LogP contribution >= 0.6 is 0 Å². The first-order valence-corrected chi connectivity index (χ1v) is 21.6. The minimum Gasteiger partial charge on any atom is -0.508 e. The van der Waals surface area contributed by atoms with Gasteiger partial charge >= 0.3 is 0 Å². The lowest BCUT2D eigenvalue weighted by Crippen LogP contribution is -2.40. The Hall–Kier alpha value is -7.21. The fourth-order valence-electron chi connectivity index (χ4n) is 8.56. The minimum atomic E-state index is -0.971. The van der Waals surface area contributed by atoms with E-state index >= 15 is 4.79 Å². The fraction of sp³-hybridized carbons (Fsp3) is 0.241. The van der Waals surface area contributed by atoms with Crippen LogP contribution in [0.15, 0.2) is 146 Å². The van der Waals surface area contributed by atoms with E-state index in [0.29, 0.717) is 43.2 Å². The molecule has 336 valence electrons. The van der Waals surface area contributed by atoms with Crippen molar-refractivity contribution in [3.63, 3.8) is 0 Å². The largest absolute Gasteiger partial charge is 0.508 e. The molecule has 6 atom stereocenters. The first-order chi connectivity index (χ1) is 31.4. The molecule has 1 aliphatic heterocycles. The molecule has 7 rings (SSSR count). The van der Waals surface area contributed by atoms with Gasteiger partial charge in [-0.3, -0.25) is 4.79 Å². The van der Waals surface area contributed by atoms with E-state index in [1.165, 1.54) is 37.4 Å². The van der Waals surface area contributed by atoms with E-state index in [2.05, 4.69) is 0 Å². The molecule has 11 heteroatoms. The number of aryl methyl sites for hydroxylation is 2. The Balaban J connectivity index is 1.28. The van der Waals surface area contributed by atoms with Crippen LogP contribution in [0, 0.1) is 11.8 Å². The summed E-state index contributed by atoms with van der Waals surface area (Å²) < 4.78 is 12.6. The summed E-state index contributed by atoms with van der Waals surface area (Å²) in [4.78, 5) is 15.6. The summed E-state index contributed by atoms with van der Waals surface area (Å²) in [6.45, 7) is 0. The molecule has 6 aromatic carbocycles. The average molecular weight is 879 g/mol. The number of aliphatic hydroxyl groups is 1. The van der Waals surface area contributed by atoms with Crippen molar-refractivity contribution < 1.29 is 55.1 Å². The van der Waals surface area contributed by atoms with E-state index in [9.17, 15) is 40.9 Å². The van der Waals surface area contributed by atoms with Crippen molar-refractivity contribution in [1.82, 2.24) is 0 Å². The van der Waals surface area contributed by atoms with Gasteiger partial charge in [0.25, 0.3) is 0 Å². The molecule has 0 spiro atoms. The number of hydrogen-bond acceptors (Lipinski definition) is 11. The van der Waals surface area contributed by atoms with Crippen LogP contribution in [-0.2, 0) is 17.6 Å². The van der Waals surface area contributed by atoms with E-state index in [-0.39, 0.29) is 63.9 Å². The van der Waals surface area contributed by atoms with Gasteiger partial charge in [0, 0.05) is 17.5 Å². The third-order valence-electron chi connectivity index (χ3n) is 12.1. The quantitative estimate of drug-likeness (QED) is 0.0321. The van der Waals surface area contributed by atoms with Crippen molar-refractivity contribution in [3.8, 4) is 46.0 Å². The first-order valence-electron chi connectivity index (χ1n) is 21.6. The van der Waals surface area contributed by atoms with Gasteiger partial charge in [-0.2, -0.15) is 0 Å². The summed E-state index contributed by atoms with van der Waals surface area (Å²) in [5.41, 5.74) is 3.75. The fourth-order valence-corrected chi connectivity index (χ4v) is 8.56. The normalized spacial score (nSPS) is 18.4. The zero-order chi connectivity index (χ0) is 46.0. The molecule has 0 aliphatic carbocycles. The predicted molar refractivity (Wildman–Crippen MR) is 248 cm³/mol. The Labute approximate surface area is 378 Å². The number of carbonyl (C=O) groups excluding carboxylic acids is 1. The predicted octanol–water partition coefficient (Wildman–Crippen LogP) is 10.00. The molecular formula is C54H54O11. The average Bonchev–Trinajstić information content (AvgIpc) is 3.30. The summed E-state index contributed by atoms with van der Waals surface area (Å²) in [7, 11) is 1.35. The summed E-state index contributed by atoms with van der Waals surface area (Å²) >= 11 is 0. The van der Waals surface area contributed by atoms with Gasteiger partial charge in [-0.1, -0.05) is 85.0 Å². The lowest BCUT2D eigenvalue weighted by molar-refractivity contribution is -0.0938. The maximum absolute atomic E-state index is 15.6. The number of aliphatic hydroxyl groups excluding tert-OH is 1. The van der Waals surface area contributed by atoms with Crippen molar-refractivity contribution in [3.05, 3.63) is 185 Å². The molecule has 1 fully saturated rings. The van der Waals surface area contributed by atoms with E-state index in [1.807, 2.05) is 24.3 Å². The van der Waals surface area contributed by atoms with Crippen LogP contribution in [0.3, 0.4) is 0 Å². The second kappa shape index (κ2) is 21.0. The molecule has 11 nitrogen and oxygen atoms in total. The minimum absolute atomic E-state index is 0.00511. The molecule has 65 heavy (non-hydrogen) atoms. The highest BCUT2D eigenvalue weighted by molar-refractivity contribution is 6.04. The van der Waals surface area contributed by atoms with Gasteiger partial charge in [0.05, 0.1) is 31.3 Å². The van der Waals surface area contributed by atoms with Gasteiger partial charge in [-0.15, -0.1) is 0 Å². The molecule has 0 radical (unpaired) electrons. The lowest BCUT2D eigenvalue weighted by Gasteiger charge is -2.41. The molecule has 1 saturated heterocycles. The lowest BCUT2D eigenvalue weighted by atomic mass is 9.73. The van der Waals surface area contributed by atoms with Gasteiger partial charge in [0.15, 0.2) is 5.78 Å². The second-order valence-corrected chi connectivity index (χ2v) is 16.5. The van der Waals surface area contributed by atoms with Gasteiger partial charge in [0.2, 0.25) is 0 Å². The molecule has 0 aromatic heterocycles. The number of methoxy groups -OCH3 is 1. The number of allylic oxidation sites excluding steroid dienone is 2. The van der Waals surface area contributed by atoms with Crippen molar-refractivity contribution >= 4 is 11.9 Å². The SMILES string of the molecule is COc1cc(O)c([C@H](C=CC[C@@H](O)CCc2ccc(O)cc2)c2ccc(O)cc2)c(O)c1C(=O)[C@@H]1[C@H](C=Cc2ccc(O)cc2)C[C@H](CCc2ccc(O)cc2)O[C@H]1c1ccc(O)cc1. The number of rotatable bonds is 17. The Bertz CT molecular complexity index is 2570. The van der Waals surface area contributed by atoms with Crippen LogP contribution in [0.2, 0.25) is 0 Å². The number of ether oxygens (including phenoxy) is 2. The molecule has 1 heterocycles. The van der Waals surface area contributed by atoms with E-state index in [0.717, 1.165) is 16.7 Å². The number of ketones is 1. The van der Waals surface area contributed by atoms with Gasteiger partial charge in [0.1, 0.15) is 51.6 Å². The number of hydrogen-bond donors (Lipinski definition) is 8. The summed E-state index contributed by atoms with van der Waals surface area (Å²) in [6.07, 6.45) is 8.17. The maximum Gasteiger partial charge on any atom is 0.176 e. The number of Topliss-reactive ketones (excluding diaryl/α,β-unsaturated/α-hetero) is 1. The highest BCUT2D eigenvalue weighted by Crippen LogP contribution is 2.50. The Morgan fingerprint density at radius 3 is 1.85 bits per heavy atom. The molecule has 6 aromatic rings. The van der Waals surface area contributed by atoms with Crippen LogP contribution in [0.5, 0.6) is 46.0 Å². The first kappa shape index (κ1) is 45.8. The third kappa shape index (κ3) is 11.5. The standard InChI is InChI=1S/C54H54O11/c1-64-48-32-47(61)50(46(36-15-26-43(59)27-16-36)4-2-3-39(55)19-6-34-9-22-41(57)23-10-34)53(63)51(48)52(62)49-38(14-5-33-7-20-40(56)21-8-33)31-45(30-13-35-11-24-42(58)25-12-35)65-54(49)37-17-28-44(60)29-18-37/h2,4-5,7-12,14-18,20-29,32,38-39,45-46,49,54-61,63H,3,6,13,19,30-31H2,1H3/t38-,39-,45+,46-,49+,54+/m1/s1. The smallest absolute Gasteiger partial charge is 0.176 e. The highest BCUT2D eigenvalue weighted by atomic mass is 16.5. The van der Waals surface area contributed by atoms with Gasteiger partial charge in [-0.05, 0) is 133 Å². The van der Waals surface area contributed by atoms with Crippen molar-refractivity contribution in [2.75, 3.05) is 7.11 Å². The zero-order valence-electron chi connectivity index (χ0n) is 35.9. The zero-order valence-corrected chi connectivity index (χ0v) is 35.9. The van der Waals surface area contributed by atoms with E-state index < -0.39 is 41.5 Å². The summed E-state index contributed by atoms with van der Waals surface area (Å²) in [5, 5.41) is 85.1. The van der Waals surface area contributed by atoms with E-state index in [4.69, 9.17) is 9.47 Å². The van der Waals surface area contributed by atoms with Gasteiger partial charge < -0.3 is 50.3 Å². The van der Waals surface area contributed by atoms with Gasteiger partial charge in [-0.25, -0.2) is 0 Å². The number of phenols is 7. The second-order valence-electron chi connectivity index (χ2n) is 16.5. The Morgan fingerprint density at radius 2 is 1.26 bits per heavy atom. The Kier molecular flexibility index (Phi) is 14.8. The van der Waals surface area contributed by atoms with Crippen LogP contribution in [0.25, 0.3) is 6.08 Å². The third-order valence-corrected chi connectivity index (χ3v) is 12.1. The van der Waals surface area contributed by atoms with Crippen molar-refractivity contribution in [1.29, 1.82) is 0 Å². The number of carbonyl (C=O) groups is 1. The Morgan fingerprint density at radius 1 is 0.723 bits per heavy atom. The molecule has 0 bridgehead atoms. The molecule has 0 amide bonds. The summed E-state index contributed by atoms with van der Waals surface area (Å²) in [6, 6.07) is 34.4. The topological polar surface area (TPSA) is 197 Å². The molecule has 1 aliphatic rings. The van der Waals surface area contributed by atoms with E-state index in [1.54, 1.807) is 97.1 Å². The van der Waals surface area contributed by atoms with Crippen LogP contribution in [0.1, 0.15) is 81.4 Å². The van der Waals surface area contributed by atoms with Crippen molar-refractivity contribution in [2.24, 2.45) is 11.8 Å². The number of phenolic OH excluding ortho intramolecular Hbond substituents is 7. The number of aromatic hydroxyl groups is 7. The van der Waals surface area contributed by atoms with Crippen LogP contribution < -0.4 is 4.74 Å². The monoisotopic (exact) mass is 878 g/mol. The highest BCUT2D eigenvalue weighted by Gasteiger charge is 2.45. The van der Waals surface area contributed by atoms with Crippen LogP contribution in [0.4, 0.5) is 0 Å². The van der Waals surface area contributed by atoms with Crippen molar-refractivity contribution in [2.45, 2.75) is 62.8 Å². The molecular weight excluding hydrogens is 825 g/mol. The molecule has 8 N–H and O–H groups in total. The maximum atomic E-state index is 15.6. The summed E-state index contributed by atoms with van der Waals surface area (Å²) in [5.74, 6) is -3.31.